The third-order valence-corrected chi connectivity index (χ3v) is 4.13. The van der Waals surface area contributed by atoms with E-state index in [9.17, 15) is 4.79 Å². The number of morpholine rings is 1. The number of nitrogens with one attached hydrogen (secondary N) is 1. The van der Waals surface area contributed by atoms with Gasteiger partial charge in [-0.2, -0.15) is 0 Å². The molecule has 1 fully saturated rings. The van der Waals surface area contributed by atoms with Crippen LogP contribution in [0, 0.1) is 0 Å². The zero-order valence-corrected chi connectivity index (χ0v) is 13.0. The van der Waals surface area contributed by atoms with Crippen LogP contribution in [0.15, 0.2) is 36.5 Å². The minimum atomic E-state index is -0.772. The van der Waals surface area contributed by atoms with E-state index >= 15 is 0 Å². The highest BCUT2D eigenvalue weighted by Crippen LogP contribution is 2.21. The molecule has 0 bridgehead atoms. The van der Waals surface area contributed by atoms with Crippen LogP contribution in [0.25, 0.3) is 10.9 Å². The maximum atomic E-state index is 12.0. The van der Waals surface area contributed by atoms with Crippen molar-refractivity contribution in [3.63, 3.8) is 0 Å². The molecule has 22 heavy (non-hydrogen) atoms. The van der Waals surface area contributed by atoms with Gasteiger partial charge in [0.1, 0.15) is 0 Å². The van der Waals surface area contributed by atoms with Crippen molar-refractivity contribution in [2.24, 2.45) is 0 Å². The van der Waals surface area contributed by atoms with Gasteiger partial charge in [-0.15, -0.1) is 0 Å². The quantitative estimate of drug-likeness (QED) is 0.935. The Morgan fingerprint density at radius 2 is 2.32 bits per heavy atom. The Kier molecular flexibility index (Phi) is 4.09. The molecule has 0 radical (unpaired) electrons. The zero-order chi connectivity index (χ0) is 15.6. The smallest absolute Gasteiger partial charge is 0.253 e. The van der Waals surface area contributed by atoms with E-state index in [1.165, 1.54) is 5.56 Å². The number of likely N-dealkylation sites (N-methyl/N-ethyl adjacent to an activating group) is 1. The minimum absolute atomic E-state index is 0.0695. The van der Waals surface area contributed by atoms with Crippen LogP contribution in [-0.2, 0) is 16.1 Å². The number of amides is 1. The first-order chi connectivity index (χ1) is 10.6. The van der Waals surface area contributed by atoms with Gasteiger partial charge in [-0.05, 0) is 30.7 Å². The van der Waals surface area contributed by atoms with Crippen molar-refractivity contribution < 1.29 is 9.53 Å². The Bertz CT molecular complexity index is 688. The number of hydrogen-bond acceptors (Lipinski definition) is 4. The molecule has 5 nitrogen and oxygen atoms in total. The number of ether oxygens (including phenoxy) is 1. The fourth-order valence-corrected chi connectivity index (χ4v) is 2.97. The summed E-state index contributed by atoms with van der Waals surface area (Å²) in [5, 5.41) is 3.83. The maximum absolute atomic E-state index is 12.0. The first-order valence-corrected chi connectivity index (χ1v) is 7.53. The van der Waals surface area contributed by atoms with E-state index in [1.807, 2.05) is 19.1 Å². The average Bonchev–Trinajstić information content (AvgIpc) is 2.54. The second-order valence-electron chi connectivity index (χ2n) is 5.90. The van der Waals surface area contributed by atoms with Gasteiger partial charge in [-0.25, -0.2) is 0 Å². The second kappa shape index (κ2) is 6.02. The first-order valence-electron chi connectivity index (χ1n) is 7.53. The van der Waals surface area contributed by atoms with Crippen LogP contribution in [0.1, 0.15) is 12.5 Å². The summed E-state index contributed by atoms with van der Waals surface area (Å²) in [6.07, 6.45) is 1.80. The fraction of sp³-hybridized carbons (Fsp3) is 0.412. The van der Waals surface area contributed by atoms with E-state index in [2.05, 4.69) is 33.4 Å². The molecule has 0 unspecified atom stereocenters. The largest absolute Gasteiger partial charge is 0.363 e. The van der Waals surface area contributed by atoms with Gasteiger partial charge < -0.3 is 10.1 Å². The lowest BCUT2D eigenvalue weighted by molar-refractivity contribution is -0.156. The normalized spacial score (nSPS) is 22.6. The van der Waals surface area contributed by atoms with Gasteiger partial charge >= 0.3 is 0 Å². The van der Waals surface area contributed by atoms with Crippen LogP contribution in [0.5, 0.6) is 0 Å². The Balaban J connectivity index is 1.75. The molecule has 1 atom stereocenters. The predicted molar refractivity (Wildman–Crippen MR) is 85.4 cm³/mol. The van der Waals surface area contributed by atoms with Crippen molar-refractivity contribution in [2.75, 3.05) is 26.7 Å². The lowest BCUT2D eigenvalue weighted by Gasteiger charge is -2.39. The number of nitrogens with zero attached hydrogens (tertiary/aromatic N) is 2. The summed E-state index contributed by atoms with van der Waals surface area (Å²) in [5.41, 5.74) is 1.45. The van der Waals surface area contributed by atoms with E-state index in [1.54, 1.807) is 13.2 Å². The molecule has 1 amide bonds. The van der Waals surface area contributed by atoms with Crippen LogP contribution in [0.2, 0.25) is 0 Å². The molecule has 1 aromatic heterocycles. The molecule has 2 heterocycles. The van der Waals surface area contributed by atoms with Crippen LogP contribution >= 0.6 is 0 Å². The summed E-state index contributed by atoms with van der Waals surface area (Å²) in [7, 11) is 1.65. The zero-order valence-electron chi connectivity index (χ0n) is 13.0. The molecule has 0 spiro atoms. The SMILES string of the molecule is CNC(=O)[C@@]1(C)CN(Cc2ccc3ncccc3c2)CCO1. The topological polar surface area (TPSA) is 54.5 Å². The van der Waals surface area contributed by atoms with E-state index in [-0.39, 0.29) is 5.91 Å². The average molecular weight is 299 g/mol. The number of carbonyl (C=O) groups is 1. The lowest BCUT2D eigenvalue weighted by atomic mass is 10.0. The van der Waals surface area contributed by atoms with Crippen molar-refractivity contribution in [1.29, 1.82) is 0 Å². The van der Waals surface area contributed by atoms with Crippen molar-refractivity contribution in [3.05, 3.63) is 42.1 Å². The molecule has 1 aromatic carbocycles. The van der Waals surface area contributed by atoms with E-state index in [0.29, 0.717) is 13.2 Å². The molecule has 1 N–H and O–H groups in total. The molecule has 0 saturated carbocycles. The van der Waals surface area contributed by atoms with Gasteiger partial charge in [0.25, 0.3) is 5.91 Å². The number of benzene rings is 1. The molecule has 1 saturated heterocycles. The minimum Gasteiger partial charge on any atom is -0.363 e. The second-order valence-corrected chi connectivity index (χ2v) is 5.90. The van der Waals surface area contributed by atoms with Crippen LogP contribution in [0.4, 0.5) is 0 Å². The van der Waals surface area contributed by atoms with Gasteiger partial charge in [-0.3, -0.25) is 14.7 Å². The molecule has 5 heteroatoms. The monoisotopic (exact) mass is 299 g/mol. The third-order valence-electron chi connectivity index (χ3n) is 4.13. The van der Waals surface area contributed by atoms with E-state index in [0.717, 1.165) is 24.0 Å². The molecule has 0 aliphatic carbocycles. The van der Waals surface area contributed by atoms with Crippen molar-refractivity contribution in [1.82, 2.24) is 15.2 Å². The predicted octanol–water partition coefficient (Wildman–Crippen LogP) is 1.57. The Hall–Kier alpha value is -1.98. The van der Waals surface area contributed by atoms with E-state index < -0.39 is 5.60 Å². The summed E-state index contributed by atoms with van der Waals surface area (Å²) in [6.45, 7) is 4.65. The maximum Gasteiger partial charge on any atom is 0.253 e. The number of pyridine rings is 1. The number of carbonyl (C=O) groups excluding carboxylic acids is 1. The summed E-state index contributed by atoms with van der Waals surface area (Å²) in [6, 6.07) is 10.3. The number of aromatic nitrogens is 1. The van der Waals surface area contributed by atoms with Gasteiger partial charge in [0.15, 0.2) is 5.60 Å². The fourth-order valence-electron chi connectivity index (χ4n) is 2.97. The summed E-state index contributed by atoms with van der Waals surface area (Å²) < 4.78 is 5.69. The molecule has 2 aromatic rings. The standard InChI is InChI=1S/C17H21N3O2/c1-17(16(21)18-2)12-20(8-9-22-17)11-13-5-6-15-14(10-13)4-3-7-19-15/h3-7,10H,8-9,11-12H2,1-2H3,(H,18,21)/t17-/m1/s1. The highest BCUT2D eigenvalue weighted by Gasteiger charge is 2.38. The molecule has 116 valence electrons. The van der Waals surface area contributed by atoms with Gasteiger partial charge in [0.05, 0.1) is 12.1 Å². The summed E-state index contributed by atoms with van der Waals surface area (Å²) >= 11 is 0. The number of rotatable bonds is 3. The molecule has 1 aliphatic rings. The van der Waals surface area contributed by atoms with Crippen LogP contribution < -0.4 is 5.32 Å². The van der Waals surface area contributed by atoms with E-state index in [4.69, 9.17) is 4.74 Å². The molecular formula is C17H21N3O2. The highest BCUT2D eigenvalue weighted by atomic mass is 16.5. The Labute approximate surface area is 130 Å². The summed E-state index contributed by atoms with van der Waals surface area (Å²) in [5.74, 6) is -0.0695. The van der Waals surface area contributed by atoms with Gasteiger partial charge in [0.2, 0.25) is 0 Å². The molecular weight excluding hydrogens is 278 g/mol. The molecule has 3 rings (SSSR count). The Morgan fingerprint density at radius 3 is 3.14 bits per heavy atom. The number of hydrogen-bond donors (Lipinski definition) is 1. The highest BCUT2D eigenvalue weighted by molar-refractivity contribution is 5.85. The number of fused-ring (bicyclic) bond motifs is 1. The summed E-state index contributed by atoms with van der Waals surface area (Å²) in [4.78, 5) is 18.6. The molecule has 1 aliphatic heterocycles. The lowest BCUT2D eigenvalue weighted by Crippen LogP contribution is -2.57. The first kappa shape index (κ1) is 14.9. The van der Waals surface area contributed by atoms with Crippen LogP contribution in [0.3, 0.4) is 0 Å². The van der Waals surface area contributed by atoms with Crippen molar-refractivity contribution in [2.45, 2.75) is 19.1 Å². The van der Waals surface area contributed by atoms with Crippen LogP contribution in [-0.4, -0.2) is 48.1 Å². The van der Waals surface area contributed by atoms with Gasteiger partial charge in [-0.1, -0.05) is 12.1 Å². The van der Waals surface area contributed by atoms with Crippen molar-refractivity contribution >= 4 is 16.8 Å². The van der Waals surface area contributed by atoms with Crippen molar-refractivity contribution in [3.8, 4) is 0 Å². The third kappa shape index (κ3) is 2.96. The van der Waals surface area contributed by atoms with Gasteiger partial charge in [0, 0.05) is 38.3 Å². The Morgan fingerprint density at radius 1 is 1.45 bits per heavy atom.